The summed E-state index contributed by atoms with van der Waals surface area (Å²) in [4.78, 5) is 15.4. The van der Waals surface area contributed by atoms with Gasteiger partial charge in [-0.3, -0.25) is 9.78 Å². The Balaban J connectivity index is 1.61. The highest BCUT2D eigenvalue weighted by Crippen LogP contribution is 2.29. The Hall–Kier alpha value is -2.36. The van der Waals surface area contributed by atoms with Crippen molar-refractivity contribution in [3.8, 4) is 11.5 Å². The summed E-state index contributed by atoms with van der Waals surface area (Å²) in [6.07, 6.45) is 4.35. The fourth-order valence-electron chi connectivity index (χ4n) is 2.00. The number of rotatable bonds is 4. The Kier molecular flexibility index (Phi) is 3.14. The lowest BCUT2D eigenvalue weighted by Crippen LogP contribution is -2.01. The molecule has 0 amide bonds. The van der Waals surface area contributed by atoms with Gasteiger partial charge in [-0.2, -0.15) is 0 Å². The molecule has 0 saturated heterocycles. The van der Waals surface area contributed by atoms with Crippen molar-refractivity contribution in [2.45, 2.75) is 6.42 Å². The van der Waals surface area contributed by atoms with E-state index in [2.05, 4.69) is 4.98 Å². The Labute approximate surface area is 111 Å². The number of Topliss-reactive ketones (excluding diaryl/α,β-unsaturated/α-hetero) is 1. The minimum Gasteiger partial charge on any atom is -0.493 e. The Morgan fingerprint density at radius 2 is 2.05 bits per heavy atom. The topological polar surface area (TPSA) is 48.4 Å². The van der Waals surface area contributed by atoms with Gasteiger partial charge in [0.05, 0.1) is 12.2 Å². The van der Waals surface area contributed by atoms with E-state index in [4.69, 9.17) is 9.47 Å². The summed E-state index contributed by atoms with van der Waals surface area (Å²) in [5.74, 6) is 1.37. The molecule has 0 N–H and O–H groups in total. The number of carbonyl (C=O) groups excluding carboxylic acids is 1. The molecule has 0 saturated carbocycles. The van der Waals surface area contributed by atoms with Crippen LogP contribution in [0.25, 0.3) is 0 Å². The van der Waals surface area contributed by atoms with Gasteiger partial charge in [-0.1, -0.05) is 0 Å². The molecule has 1 aliphatic heterocycles. The zero-order chi connectivity index (χ0) is 13.1. The number of pyridine rings is 1. The minimum atomic E-state index is 0.0262. The van der Waals surface area contributed by atoms with Crippen molar-refractivity contribution >= 4 is 5.78 Å². The smallest absolute Gasteiger partial charge is 0.203 e. The number of benzene rings is 1. The lowest BCUT2D eigenvalue weighted by Gasteiger charge is -2.07. The Morgan fingerprint density at radius 3 is 2.89 bits per heavy atom. The second kappa shape index (κ2) is 5.10. The van der Waals surface area contributed by atoms with E-state index in [1.165, 1.54) is 5.56 Å². The molecule has 96 valence electrons. The van der Waals surface area contributed by atoms with Crippen LogP contribution >= 0.6 is 0 Å². The standard InChI is InChI=1S/C15H13NO3/c17-14-10-19-15-9-12(1-2-13(14)15)18-8-5-11-3-6-16-7-4-11/h1-4,6-7,9H,5,8,10H2. The van der Waals surface area contributed by atoms with E-state index in [0.29, 0.717) is 17.9 Å². The summed E-state index contributed by atoms with van der Waals surface area (Å²) < 4.78 is 10.9. The van der Waals surface area contributed by atoms with Crippen molar-refractivity contribution in [3.63, 3.8) is 0 Å². The van der Waals surface area contributed by atoms with Gasteiger partial charge >= 0.3 is 0 Å². The lowest BCUT2D eigenvalue weighted by molar-refractivity contribution is 0.0961. The molecule has 1 aliphatic rings. The first-order valence-electron chi connectivity index (χ1n) is 6.15. The molecule has 0 fully saturated rings. The van der Waals surface area contributed by atoms with E-state index >= 15 is 0 Å². The van der Waals surface area contributed by atoms with Gasteiger partial charge in [0.1, 0.15) is 11.5 Å². The second-order valence-corrected chi connectivity index (χ2v) is 4.32. The molecule has 0 unspecified atom stereocenters. The summed E-state index contributed by atoms with van der Waals surface area (Å²) in [7, 11) is 0. The van der Waals surface area contributed by atoms with E-state index in [-0.39, 0.29) is 12.4 Å². The summed E-state index contributed by atoms with van der Waals surface area (Å²) in [6.45, 7) is 0.715. The minimum absolute atomic E-state index is 0.0262. The molecule has 0 aliphatic carbocycles. The summed E-state index contributed by atoms with van der Waals surface area (Å²) >= 11 is 0. The number of carbonyl (C=O) groups is 1. The Morgan fingerprint density at radius 1 is 1.21 bits per heavy atom. The van der Waals surface area contributed by atoms with Crippen molar-refractivity contribution in [1.29, 1.82) is 0 Å². The molecule has 0 atom stereocenters. The fraction of sp³-hybridized carbons (Fsp3) is 0.200. The zero-order valence-corrected chi connectivity index (χ0v) is 10.3. The van der Waals surface area contributed by atoms with Crippen LogP contribution in [0.1, 0.15) is 15.9 Å². The fourth-order valence-corrected chi connectivity index (χ4v) is 2.00. The predicted molar refractivity (Wildman–Crippen MR) is 69.7 cm³/mol. The first kappa shape index (κ1) is 11.7. The molecular formula is C15H13NO3. The summed E-state index contributed by atoms with van der Waals surface area (Å²) in [5.41, 5.74) is 1.82. The van der Waals surface area contributed by atoms with Crippen LogP contribution in [0.15, 0.2) is 42.7 Å². The quantitative estimate of drug-likeness (QED) is 0.841. The average Bonchev–Trinajstić information content (AvgIpc) is 2.81. The third-order valence-electron chi connectivity index (χ3n) is 3.02. The normalized spacial score (nSPS) is 12.9. The average molecular weight is 255 g/mol. The SMILES string of the molecule is O=C1COc2cc(OCCc3ccncc3)ccc21. The van der Waals surface area contributed by atoms with E-state index in [9.17, 15) is 4.79 Å². The van der Waals surface area contributed by atoms with Gasteiger partial charge in [-0.15, -0.1) is 0 Å². The number of hydrogen-bond acceptors (Lipinski definition) is 4. The monoisotopic (exact) mass is 255 g/mol. The van der Waals surface area contributed by atoms with Crippen LogP contribution in [-0.2, 0) is 6.42 Å². The molecule has 19 heavy (non-hydrogen) atoms. The van der Waals surface area contributed by atoms with Crippen LogP contribution in [-0.4, -0.2) is 24.0 Å². The summed E-state index contributed by atoms with van der Waals surface area (Å²) in [5, 5.41) is 0. The van der Waals surface area contributed by atoms with Crippen LogP contribution in [0, 0.1) is 0 Å². The maximum Gasteiger partial charge on any atom is 0.203 e. The highest BCUT2D eigenvalue weighted by atomic mass is 16.5. The second-order valence-electron chi connectivity index (χ2n) is 4.32. The van der Waals surface area contributed by atoms with E-state index in [1.807, 2.05) is 12.1 Å². The third kappa shape index (κ3) is 2.57. The molecule has 4 nitrogen and oxygen atoms in total. The number of ketones is 1. The molecular weight excluding hydrogens is 242 g/mol. The largest absolute Gasteiger partial charge is 0.493 e. The number of ether oxygens (including phenoxy) is 2. The maximum absolute atomic E-state index is 11.4. The molecule has 0 radical (unpaired) electrons. The van der Waals surface area contributed by atoms with Crippen LogP contribution in [0.2, 0.25) is 0 Å². The van der Waals surface area contributed by atoms with Crippen molar-refractivity contribution in [3.05, 3.63) is 53.9 Å². The molecule has 1 aromatic heterocycles. The highest BCUT2D eigenvalue weighted by Gasteiger charge is 2.21. The zero-order valence-electron chi connectivity index (χ0n) is 10.3. The van der Waals surface area contributed by atoms with Crippen molar-refractivity contribution in [1.82, 2.24) is 4.98 Å². The lowest BCUT2D eigenvalue weighted by atomic mass is 10.1. The van der Waals surface area contributed by atoms with Crippen molar-refractivity contribution in [2.24, 2.45) is 0 Å². The van der Waals surface area contributed by atoms with Crippen LogP contribution < -0.4 is 9.47 Å². The van der Waals surface area contributed by atoms with E-state index < -0.39 is 0 Å². The van der Waals surface area contributed by atoms with Gasteiger partial charge in [0.2, 0.25) is 5.78 Å². The van der Waals surface area contributed by atoms with Crippen LogP contribution in [0.4, 0.5) is 0 Å². The van der Waals surface area contributed by atoms with Gasteiger partial charge in [-0.25, -0.2) is 0 Å². The Bertz CT molecular complexity index is 596. The molecule has 0 spiro atoms. The van der Waals surface area contributed by atoms with E-state index in [0.717, 1.165) is 12.2 Å². The third-order valence-corrected chi connectivity index (χ3v) is 3.02. The van der Waals surface area contributed by atoms with Gasteiger partial charge < -0.3 is 9.47 Å². The molecule has 2 heterocycles. The molecule has 4 heteroatoms. The van der Waals surface area contributed by atoms with Gasteiger partial charge in [-0.05, 0) is 29.8 Å². The number of aromatic nitrogens is 1. The van der Waals surface area contributed by atoms with Gasteiger partial charge in [0.15, 0.2) is 6.61 Å². The van der Waals surface area contributed by atoms with Crippen molar-refractivity contribution in [2.75, 3.05) is 13.2 Å². The van der Waals surface area contributed by atoms with Crippen molar-refractivity contribution < 1.29 is 14.3 Å². The molecule has 3 rings (SSSR count). The van der Waals surface area contributed by atoms with Gasteiger partial charge in [0.25, 0.3) is 0 Å². The van der Waals surface area contributed by atoms with Crippen LogP contribution in [0.3, 0.4) is 0 Å². The first-order chi connectivity index (χ1) is 9.33. The van der Waals surface area contributed by atoms with Gasteiger partial charge in [0, 0.05) is 24.9 Å². The maximum atomic E-state index is 11.4. The molecule has 1 aromatic carbocycles. The van der Waals surface area contributed by atoms with E-state index in [1.54, 1.807) is 30.6 Å². The molecule has 2 aromatic rings. The van der Waals surface area contributed by atoms with Crippen LogP contribution in [0.5, 0.6) is 11.5 Å². The summed E-state index contributed by atoms with van der Waals surface area (Å²) in [6, 6.07) is 9.26. The number of nitrogens with zero attached hydrogens (tertiary/aromatic N) is 1. The molecule has 0 bridgehead atoms. The first-order valence-corrected chi connectivity index (χ1v) is 6.15. The number of hydrogen-bond donors (Lipinski definition) is 0. The highest BCUT2D eigenvalue weighted by molar-refractivity contribution is 6.02. The number of fused-ring (bicyclic) bond motifs is 1. The predicted octanol–water partition coefficient (Wildman–Crippen LogP) is 2.28.